The van der Waals surface area contributed by atoms with Gasteiger partial charge in [-0.05, 0) is 86.3 Å². The average Bonchev–Trinajstić information content (AvgIpc) is 3.57. The van der Waals surface area contributed by atoms with Crippen LogP contribution in [0, 0.1) is 11.7 Å². The van der Waals surface area contributed by atoms with Crippen molar-refractivity contribution in [1.29, 1.82) is 0 Å². The second kappa shape index (κ2) is 8.46. The van der Waals surface area contributed by atoms with Crippen LogP contribution < -0.4 is 5.32 Å². The first-order valence-electron chi connectivity index (χ1n) is 12.3. The predicted molar refractivity (Wildman–Crippen MR) is 129 cm³/mol. The lowest BCUT2D eigenvalue weighted by atomic mass is 9.73. The molecule has 7 heteroatoms. The highest BCUT2D eigenvalue weighted by Gasteiger charge is 2.29. The van der Waals surface area contributed by atoms with E-state index in [0.29, 0.717) is 23.4 Å². The topological polar surface area (TPSA) is 83.6 Å². The van der Waals surface area contributed by atoms with Gasteiger partial charge in [-0.1, -0.05) is 6.92 Å². The molecule has 2 saturated carbocycles. The summed E-state index contributed by atoms with van der Waals surface area (Å²) < 4.78 is 13.9. The van der Waals surface area contributed by atoms with Gasteiger partial charge in [-0.25, -0.2) is 14.4 Å². The summed E-state index contributed by atoms with van der Waals surface area (Å²) in [6.07, 6.45) is 9.88. The number of rotatable bonds is 5. The average molecular weight is 458 g/mol. The quantitative estimate of drug-likeness (QED) is 0.408. The number of benzene rings is 1. The monoisotopic (exact) mass is 457 g/mol. The van der Waals surface area contributed by atoms with Crippen LogP contribution >= 0.6 is 0 Å². The van der Waals surface area contributed by atoms with Crippen molar-refractivity contribution >= 4 is 28.0 Å². The van der Waals surface area contributed by atoms with Crippen LogP contribution in [0.25, 0.3) is 22.1 Å². The number of amides is 1. The van der Waals surface area contributed by atoms with E-state index in [4.69, 9.17) is 4.98 Å². The van der Waals surface area contributed by atoms with Gasteiger partial charge in [0.2, 0.25) is 0 Å². The van der Waals surface area contributed by atoms with E-state index >= 15 is 0 Å². The Morgan fingerprint density at radius 3 is 2.68 bits per heavy atom. The molecule has 1 amide bonds. The third-order valence-electron chi connectivity index (χ3n) is 7.62. The molecule has 2 aliphatic carbocycles. The standard InChI is InChI=1S/C27H28FN5O/c1-15(25-32-24-12-18(14-30-26(24)33-25)27(34)31-20-7-8-20)16-2-4-17(5-3-16)21-10-11-29-23-9-6-19(28)13-22(21)23/h6,9-17,20H,2-5,7-8H2,1H3,(H,31,34)(H,30,32,33)/t15-,16-,17+/m1/s1. The van der Waals surface area contributed by atoms with Crippen LogP contribution in [0.5, 0.6) is 0 Å². The second-order valence-electron chi connectivity index (χ2n) is 9.92. The molecule has 1 aromatic carbocycles. The van der Waals surface area contributed by atoms with Gasteiger partial charge in [0, 0.05) is 29.7 Å². The third-order valence-corrected chi connectivity index (χ3v) is 7.62. The highest BCUT2D eigenvalue weighted by atomic mass is 19.1. The molecule has 4 aromatic rings. The second-order valence-corrected chi connectivity index (χ2v) is 9.92. The molecule has 0 bridgehead atoms. The summed E-state index contributed by atoms with van der Waals surface area (Å²) in [4.78, 5) is 29.4. The van der Waals surface area contributed by atoms with Crippen molar-refractivity contribution in [3.63, 3.8) is 0 Å². The van der Waals surface area contributed by atoms with Gasteiger partial charge >= 0.3 is 0 Å². The minimum absolute atomic E-state index is 0.0728. The van der Waals surface area contributed by atoms with Crippen molar-refractivity contribution < 1.29 is 9.18 Å². The number of carbonyl (C=O) groups excluding carboxylic acids is 1. The number of pyridine rings is 2. The van der Waals surface area contributed by atoms with Gasteiger partial charge in [0.25, 0.3) is 5.91 Å². The van der Waals surface area contributed by atoms with Gasteiger partial charge < -0.3 is 10.3 Å². The van der Waals surface area contributed by atoms with Crippen LogP contribution in [-0.2, 0) is 0 Å². The van der Waals surface area contributed by atoms with Crippen molar-refractivity contribution in [2.45, 2.75) is 63.3 Å². The zero-order valence-corrected chi connectivity index (χ0v) is 19.2. The highest BCUT2D eigenvalue weighted by molar-refractivity contribution is 5.96. The van der Waals surface area contributed by atoms with E-state index in [2.05, 4.69) is 33.3 Å². The molecule has 2 fully saturated rings. The fraction of sp³-hybridized carbons (Fsp3) is 0.407. The number of nitrogens with one attached hydrogen (secondary N) is 2. The first-order chi connectivity index (χ1) is 16.5. The van der Waals surface area contributed by atoms with Crippen LogP contribution in [0.1, 0.15) is 79.0 Å². The van der Waals surface area contributed by atoms with Gasteiger partial charge in [-0.3, -0.25) is 9.78 Å². The molecule has 0 aliphatic heterocycles. The van der Waals surface area contributed by atoms with Crippen molar-refractivity contribution in [2.24, 2.45) is 5.92 Å². The largest absolute Gasteiger partial charge is 0.349 e. The fourth-order valence-corrected chi connectivity index (χ4v) is 5.40. The summed E-state index contributed by atoms with van der Waals surface area (Å²) >= 11 is 0. The lowest BCUT2D eigenvalue weighted by Gasteiger charge is -2.32. The Bertz CT molecular complexity index is 1370. The van der Waals surface area contributed by atoms with Gasteiger partial charge in [0.1, 0.15) is 17.2 Å². The molecule has 3 aromatic heterocycles. The van der Waals surface area contributed by atoms with E-state index in [1.54, 1.807) is 18.3 Å². The van der Waals surface area contributed by atoms with Crippen LogP contribution in [0.2, 0.25) is 0 Å². The molecule has 2 aliphatic rings. The Labute approximate surface area is 197 Å². The minimum atomic E-state index is -0.212. The Morgan fingerprint density at radius 2 is 1.88 bits per heavy atom. The third kappa shape index (κ3) is 4.04. The summed E-state index contributed by atoms with van der Waals surface area (Å²) in [6, 6.07) is 9.06. The molecule has 0 radical (unpaired) electrons. The number of halogens is 1. The molecule has 2 N–H and O–H groups in total. The van der Waals surface area contributed by atoms with Crippen LogP contribution in [0.15, 0.2) is 42.7 Å². The molecule has 0 saturated heterocycles. The number of aromatic amines is 1. The van der Waals surface area contributed by atoms with Crippen LogP contribution in [0.3, 0.4) is 0 Å². The molecular formula is C27H28FN5O. The van der Waals surface area contributed by atoms with E-state index in [-0.39, 0.29) is 17.6 Å². The molecule has 6 nitrogen and oxygen atoms in total. The summed E-state index contributed by atoms with van der Waals surface area (Å²) in [7, 11) is 0. The van der Waals surface area contributed by atoms with Crippen LogP contribution in [0.4, 0.5) is 4.39 Å². The van der Waals surface area contributed by atoms with Gasteiger partial charge in [-0.2, -0.15) is 0 Å². The highest BCUT2D eigenvalue weighted by Crippen LogP contribution is 2.42. The lowest BCUT2D eigenvalue weighted by molar-refractivity contribution is 0.0951. The zero-order chi connectivity index (χ0) is 23.2. The van der Waals surface area contributed by atoms with Gasteiger partial charge in [-0.15, -0.1) is 0 Å². The Kier molecular flexibility index (Phi) is 5.27. The number of nitrogens with zero attached hydrogens (tertiary/aromatic N) is 3. The van der Waals surface area contributed by atoms with Crippen molar-refractivity contribution in [3.8, 4) is 0 Å². The molecular weight excluding hydrogens is 429 g/mol. The van der Waals surface area contributed by atoms with Gasteiger partial charge in [0.15, 0.2) is 5.65 Å². The maximum atomic E-state index is 13.9. The van der Waals surface area contributed by atoms with E-state index in [0.717, 1.165) is 66.4 Å². The smallest absolute Gasteiger partial charge is 0.253 e. The maximum Gasteiger partial charge on any atom is 0.253 e. The summed E-state index contributed by atoms with van der Waals surface area (Å²) in [6.45, 7) is 2.22. The van der Waals surface area contributed by atoms with E-state index < -0.39 is 0 Å². The lowest BCUT2D eigenvalue weighted by Crippen LogP contribution is -2.25. The number of hydrogen-bond donors (Lipinski definition) is 2. The summed E-state index contributed by atoms with van der Waals surface area (Å²) in [5, 5.41) is 3.94. The number of hydrogen-bond acceptors (Lipinski definition) is 4. The number of fused-ring (bicyclic) bond motifs is 2. The van der Waals surface area contributed by atoms with Gasteiger partial charge in [0.05, 0.1) is 11.1 Å². The first kappa shape index (κ1) is 21.2. The normalized spacial score (nSPS) is 21.6. The van der Waals surface area contributed by atoms with Crippen molar-refractivity contribution in [3.05, 3.63) is 65.5 Å². The van der Waals surface area contributed by atoms with E-state index in [9.17, 15) is 9.18 Å². The molecule has 0 unspecified atom stereocenters. The summed E-state index contributed by atoms with van der Waals surface area (Å²) in [5.41, 5.74) is 4.09. The molecule has 3 heterocycles. The minimum Gasteiger partial charge on any atom is -0.349 e. The van der Waals surface area contributed by atoms with Crippen molar-refractivity contribution in [2.75, 3.05) is 0 Å². The molecule has 174 valence electrons. The number of imidazole rings is 1. The van der Waals surface area contributed by atoms with E-state index in [1.165, 1.54) is 11.6 Å². The first-order valence-corrected chi connectivity index (χ1v) is 12.3. The van der Waals surface area contributed by atoms with Crippen LogP contribution in [-0.4, -0.2) is 31.9 Å². The molecule has 6 rings (SSSR count). The number of carbonyl (C=O) groups is 1. The molecule has 34 heavy (non-hydrogen) atoms. The molecule has 0 spiro atoms. The zero-order valence-electron chi connectivity index (χ0n) is 19.2. The van der Waals surface area contributed by atoms with E-state index in [1.807, 2.05) is 12.3 Å². The summed E-state index contributed by atoms with van der Waals surface area (Å²) in [5.74, 6) is 1.85. The predicted octanol–water partition coefficient (Wildman–Crippen LogP) is 5.61. The Balaban J connectivity index is 1.16. The van der Waals surface area contributed by atoms with Crippen molar-refractivity contribution in [1.82, 2.24) is 25.3 Å². The Hall–Kier alpha value is -3.35. The number of aromatic nitrogens is 4. The maximum absolute atomic E-state index is 13.9. The Morgan fingerprint density at radius 1 is 1.06 bits per heavy atom. The molecule has 1 atom stereocenters. The number of H-pyrrole nitrogens is 1. The SMILES string of the molecule is C[C@@H](c1nc2cc(C(=O)NC3CC3)cnc2[nH]1)[C@H]1CC[C@@H](c2ccnc3ccc(F)cc32)CC1. The fourth-order valence-electron chi connectivity index (χ4n) is 5.40.